The summed E-state index contributed by atoms with van der Waals surface area (Å²) in [5.74, 6) is -1.67. The Balaban J connectivity index is 2.24. The number of hydrogen-bond acceptors (Lipinski definition) is 4. The predicted octanol–water partition coefficient (Wildman–Crippen LogP) is 4.96. The molecule has 0 amide bonds. The second-order valence-electron chi connectivity index (χ2n) is 5.96. The molecule has 0 fully saturated rings. The van der Waals surface area contributed by atoms with Crippen molar-refractivity contribution in [2.45, 2.75) is 18.7 Å². The van der Waals surface area contributed by atoms with E-state index in [2.05, 4.69) is 5.16 Å². The van der Waals surface area contributed by atoms with E-state index in [4.69, 9.17) is 16.1 Å². The molecular weight excluding hydrogens is 384 g/mol. The highest BCUT2D eigenvalue weighted by atomic mass is 35.5. The Morgan fingerprint density at radius 3 is 2.38 bits per heavy atom. The smallest absolute Gasteiger partial charge is 0.178 e. The summed E-state index contributed by atoms with van der Waals surface area (Å²) in [6.45, 7) is 3.39. The van der Waals surface area contributed by atoms with Crippen LogP contribution in [0, 0.1) is 25.5 Å². The average Bonchev–Trinajstić information content (AvgIpc) is 2.92. The molecule has 26 heavy (non-hydrogen) atoms. The van der Waals surface area contributed by atoms with Crippen LogP contribution in [0.1, 0.15) is 11.3 Å². The van der Waals surface area contributed by atoms with Gasteiger partial charge in [-0.2, -0.15) is 0 Å². The van der Waals surface area contributed by atoms with E-state index in [0.717, 1.165) is 17.9 Å². The minimum absolute atomic E-state index is 0.139. The Kier molecular flexibility index (Phi) is 4.62. The molecule has 0 saturated heterocycles. The minimum atomic E-state index is -3.90. The summed E-state index contributed by atoms with van der Waals surface area (Å²) < 4.78 is 57.2. The van der Waals surface area contributed by atoms with E-state index in [1.807, 2.05) is 6.92 Å². The first-order valence-corrected chi connectivity index (χ1v) is 9.79. The molecule has 3 aromatic rings. The highest BCUT2D eigenvalue weighted by Crippen LogP contribution is 2.38. The molecule has 0 bridgehead atoms. The van der Waals surface area contributed by atoms with Gasteiger partial charge in [-0.05, 0) is 37.6 Å². The van der Waals surface area contributed by atoms with Crippen LogP contribution in [0.2, 0.25) is 5.02 Å². The highest BCUT2D eigenvalue weighted by Gasteiger charge is 2.24. The number of hydrogen-bond donors (Lipinski definition) is 0. The van der Waals surface area contributed by atoms with Crippen LogP contribution >= 0.6 is 11.6 Å². The Morgan fingerprint density at radius 1 is 1.08 bits per heavy atom. The van der Waals surface area contributed by atoms with Crippen LogP contribution in [0.4, 0.5) is 8.78 Å². The van der Waals surface area contributed by atoms with Gasteiger partial charge >= 0.3 is 0 Å². The van der Waals surface area contributed by atoms with Gasteiger partial charge in [0.2, 0.25) is 0 Å². The predicted molar refractivity (Wildman–Crippen MR) is 94.9 cm³/mol. The normalized spacial score (nSPS) is 11.8. The zero-order valence-corrected chi connectivity index (χ0v) is 15.7. The molecule has 0 spiro atoms. The number of halogens is 3. The SMILES string of the molecule is Cc1ccc(-c2noc(C)c2-c2cc(F)c(S(C)(=O)=O)cc2F)cc1Cl. The number of aryl methyl sites for hydroxylation is 2. The lowest BCUT2D eigenvalue weighted by molar-refractivity contribution is 0.400. The standard InChI is InChI=1S/C18H14ClF2NO3S/c1-9-4-5-11(6-13(9)19)18-17(10(2)25-22-18)12-7-15(21)16(8-14(12)20)26(3,23)24/h4-8H,1-3H3. The van der Waals surface area contributed by atoms with Gasteiger partial charge < -0.3 is 4.52 Å². The Labute approximate surface area is 154 Å². The molecule has 4 nitrogen and oxygen atoms in total. The molecule has 0 unspecified atom stereocenters. The highest BCUT2D eigenvalue weighted by molar-refractivity contribution is 7.90. The monoisotopic (exact) mass is 397 g/mol. The molecule has 0 aliphatic carbocycles. The van der Waals surface area contributed by atoms with Gasteiger partial charge in [0, 0.05) is 22.4 Å². The van der Waals surface area contributed by atoms with E-state index in [1.54, 1.807) is 25.1 Å². The number of benzene rings is 2. The van der Waals surface area contributed by atoms with Crippen molar-refractivity contribution in [1.82, 2.24) is 5.16 Å². The Morgan fingerprint density at radius 2 is 1.77 bits per heavy atom. The molecule has 1 heterocycles. The largest absolute Gasteiger partial charge is 0.360 e. The topological polar surface area (TPSA) is 60.2 Å². The van der Waals surface area contributed by atoms with Crippen molar-refractivity contribution in [2.24, 2.45) is 0 Å². The maximum Gasteiger partial charge on any atom is 0.178 e. The zero-order valence-electron chi connectivity index (χ0n) is 14.1. The summed E-state index contributed by atoms with van der Waals surface area (Å²) in [6.07, 6.45) is 0.814. The maximum absolute atomic E-state index is 14.6. The second kappa shape index (κ2) is 6.48. The van der Waals surface area contributed by atoms with Gasteiger partial charge in [0.1, 0.15) is 28.0 Å². The quantitative estimate of drug-likeness (QED) is 0.626. The van der Waals surface area contributed by atoms with Crippen molar-refractivity contribution in [3.63, 3.8) is 0 Å². The summed E-state index contributed by atoms with van der Waals surface area (Å²) in [4.78, 5) is -0.701. The molecule has 0 atom stereocenters. The third-order valence-corrected chi connectivity index (χ3v) is 5.52. The number of sulfone groups is 1. The van der Waals surface area contributed by atoms with Crippen LogP contribution in [-0.4, -0.2) is 19.8 Å². The lowest BCUT2D eigenvalue weighted by Gasteiger charge is -2.08. The summed E-state index contributed by atoms with van der Waals surface area (Å²) in [7, 11) is -3.90. The fourth-order valence-electron chi connectivity index (χ4n) is 2.63. The van der Waals surface area contributed by atoms with Gasteiger partial charge in [0.05, 0.1) is 5.56 Å². The second-order valence-corrected chi connectivity index (χ2v) is 8.35. The first-order chi connectivity index (χ1) is 12.1. The molecule has 8 heteroatoms. The Hall–Kier alpha value is -2.25. The molecule has 1 aromatic heterocycles. The first kappa shape index (κ1) is 18.5. The minimum Gasteiger partial charge on any atom is -0.360 e. The van der Waals surface area contributed by atoms with Gasteiger partial charge in [0.25, 0.3) is 0 Å². The lowest BCUT2D eigenvalue weighted by Crippen LogP contribution is -2.03. The number of nitrogens with zero attached hydrogens (tertiary/aromatic N) is 1. The van der Waals surface area contributed by atoms with Crippen LogP contribution in [0.25, 0.3) is 22.4 Å². The number of rotatable bonds is 3. The van der Waals surface area contributed by atoms with Crippen LogP contribution in [0.15, 0.2) is 39.8 Å². The molecule has 0 aliphatic heterocycles. The third kappa shape index (κ3) is 3.24. The summed E-state index contributed by atoms with van der Waals surface area (Å²) in [6, 6.07) is 6.66. The fraction of sp³-hybridized carbons (Fsp3) is 0.167. The summed E-state index contributed by atoms with van der Waals surface area (Å²) in [5.41, 5.74) is 1.81. The maximum atomic E-state index is 14.6. The molecule has 0 N–H and O–H groups in total. The zero-order chi connectivity index (χ0) is 19.2. The van der Waals surface area contributed by atoms with Gasteiger partial charge in [-0.25, -0.2) is 17.2 Å². The van der Waals surface area contributed by atoms with Crippen molar-refractivity contribution < 1.29 is 21.7 Å². The molecular formula is C18H14ClF2NO3S. The molecule has 0 aliphatic rings. The molecule has 136 valence electrons. The van der Waals surface area contributed by atoms with E-state index >= 15 is 0 Å². The van der Waals surface area contributed by atoms with E-state index in [-0.39, 0.29) is 22.6 Å². The first-order valence-electron chi connectivity index (χ1n) is 7.52. The fourth-order valence-corrected chi connectivity index (χ4v) is 3.54. The summed E-state index contributed by atoms with van der Waals surface area (Å²) >= 11 is 6.14. The van der Waals surface area contributed by atoms with Crippen LogP contribution < -0.4 is 0 Å². The average molecular weight is 398 g/mol. The van der Waals surface area contributed by atoms with Gasteiger partial charge in [0.15, 0.2) is 9.84 Å². The van der Waals surface area contributed by atoms with E-state index in [9.17, 15) is 17.2 Å². The van der Waals surface area contributed by atoms with Crippen LogP contribution in [-0.2, 0) is 9.84 Å². The Bertz CT molecular complexity index is 1120. The van der Waals surface area contributed by atoms with E-state index in [1.165, 1.54) is 0 Å². The third-order valence-electron chi connectivity index (χ3n) is 4.00. The van der Waals surface area contributed by atoms with Crippen molar-refractivity contribution in [2.75, 3.05) is 6.26 Å². The lowest BCUT2D eigenvalue weighted by atomic mass is 9.98. The molecule has 3 rings (SSSR count). The van der Waals surface area contributed by atoms with Gasteiger partial charge in [-0.15, -0.1) is 0 Å². The van der Waals surface area contributed by atoms with E-state index < -0.39 is 26.4 Å². The number of aromatic nitrogens is 1. The van der Waals surface area contributed by atoms with Gasteiger partial charge in [-0.3, -0.25) is 0 Å². The van der Waals surface area contributed by atoms with Crippen LogP contribution in [0.3, 0.4) is 0 Å². The van der Waals surface area contributed by atoms with Crippen molar-refractivity contribution in [1.29, 1.82) is 0 Å². The van der Waals surface area contributed by atoms with Crippen molar-refractivity contribution in [3.05, 3.63) is 58.3 Å². The van der Waals surface area contributed by atoms with Crippen LogP contribution in [0.5, 0.6) is 0 Å². The molecule has 2 aromatic carbocycles. The van der Waals surface area contributed by atoms with Crippen molar-refractivity contribution in [3.8, 4) is 22.4 Å². The van der Waals surface area contributed by atoms with Crippen molar-refractivity contribution >= 4 is 21.4 Å². The summed E-state index contributed by atoms with van der Waals surface area (Å²) in [5, 5.41) is 4.43. The molecule has 0 radical (unpaired) electrons. The van der Waals surface area contributed by atoms with Gasteiger partial charge in [-0.1, -0.05) is 28.9 Å². The van der Waals surface area contributed by atoms with E-state index in [0.29, 0.717) is 16.7 Å². The molecule has 0 saturated carbocycles.